The first-order chi connectivity index (χ1) is 8.27. The standard InChI is InChI=1S/C16H25N/c1-13(2)17-12-16(15-10-6-7-11-15)14-8-4-3-5-9-14/h3-5,8-9,13,15-17H,6-7,10-12H2,1-2H3. The molecule has 1 unspecified atom stereocenters. The van der Waals surface area contributed by atoms with E-state index in [4.69, 9.17) is 0 Å². The molecule has 0 aliphatic heterocycles. The summed E-state index contributed by atoms with van der Waals surface area (Å²) < 4.78 is 0. The summed E-state index contributed by atoms with van der Waals surface area (Å²) in [4.78, 5) is 0. The van der Waals surface area contributed by atoms with Crippen LogP contribution < -0.4 is 5.32 Å². The molecule has 0 aromatic heterocycles. The first kappa shape index (κ1) is 12.6. The third kappa shape index (κ3) is 3.57. The van der Waals surface area contributed by atoms with E-state index in [1.54, 1.807) is 0 Å². The van der Waals surface area contributed by atoms with E-state index in [2.05, 4.69) is 49.5 Å². The van der Waals surface area contributed by atoms with Crippen molar-refractivity contribution in [2.24, 2.45) is 5.92 Å². The van der Waals surface area contributed by atoms with Crippen LogP contribution in [0.3, 0.4) is 0 Å². The SMILES string of the molecule is CC(C)NCC(c1ccccc1)C1CCCC1. The molecule has 0 radical (unpaired) electrons. The lowest BCUT2D eigenvalue weighted by atomic mass is 9.84. The van der Waals surface area contributed by atoms with Crippen molar-refractivity contribution in [3.05, 3.63) is 35.9 Å². The Hall–Kier alpha value is -0.820. The fourth-order valence-electron chi connectivity index (χ4n) is 2.98. The molecule has 1 N–H and O–H groups in total. The lowest BCUT2D eigenvalue weighted by Crippen LogP contribution is -2.30. The van der Waals surface area contributed by atoms with Gasteiger partial charge in [-0.2, -0.15) is 0 Å². The maximum Gasteiger partial charge on any atom is 0.00251 e. The van der Waals surface area contributed by atoms with Crippen LogP contribution in [-0.4, -0.2) is 12.6 Å². The first-order valence-corrected chi connectivity index (χ1v) is 7.05. The fraction of sp³-hybridized carbons (Fsp3) is 0.625. The van der Waals surface area contributed by atoms with Crippen molar-refractivity contribution in [1.29, 1.82) is 0 Å². The Balaban J connectivity index is 2.06. The summed E-state index contributed by atoms with van der Waals surface area (Å²) in [5.74, 6) is 1.60. The lowest BCUT2D eigenvalue weighted by molar-refractivity contribution is 0.398. The molecule has 1 heteroatoms. The van der Waals surface area contributed by atoms with E-state index in [0.717, 1.165) is 12.5 Å². The normalized spacial score (nSPS) is 18.8. The number of benzene rings is 1. The maximum atomic E-state index is 3.62. The van der Waals surface area contributed by atoms with E-state index < -0.39 is 0 Å². The highest BCUT2D eigenvalue weighted by molar-refractivity contribution is 5.21. The molecule has 0 heterocycles. The topological polar surface area (TPSA) is 12.0 Å². The smallest absolute Gasteiger partial charge is 0.00251 e. The van der Waals surface area contributed by atoms with Crippen LogP contribution in [0.5, 0.6) is 0 Å². The molecule has 0 saturated heterocycles. The summed E-state index contributed by atoms with van der Waals surface area (Å²) in [6, 6.07) is 11.6. The van der Waals surface area contributed by atoms with Crippen LogP contribution in [0.2, 0.25) is 0 Å². The molecule has 2 rings (SSSR count). The van der Waals surface area contributed by atoms with Crippen LogP contribution in [0.4, 0.5) is 0 Å². The van der Waals surface area contributed by atoms with Crippen LogP contribution in [0.15, 0.2) is 30.3 Å². The predicted molar refractivity (Wildman–Crippen MR) is 74.3 cm³/mol. The molecule has 1 aliphatic carbocycles. The number of hydrogen-bond donors (Lipinski definition) is 1. The van der Waals surface area contributed by atoms with Gasteiger partial charge in [0.2, 0.25) is 0 Å². The quantitative estimate of drug-likeness (QED) is 0.809. The van der Waals surface area contributed by atoms with Crippen LogP contribution in [0.1, 0.15) is 51.0 Å². The summed E-state index contributed by atoms with van der Waals surface area (Å²) in [6.07, 6.45) is 5.68. The number of rotatable bonds is 5. The summed E-state index contributed by atoms with van der Waals surface area (Å²) >= 11 is 0. The van der Waals surface area contributed by atoms with Gasteiger partial charge in [-0.15, -0.1) is 0 Å². The second-order valence-electron chi connectivity index (χ2n) is 5.62. The van der Waals surface area contributed by atoms with Crippen molar-refractivity contribution in [3.63, 3.8) is 0 Å². The van der Waals surface area contributed by atoms with Crippen LogP contribution in [0, 0.1) is 5.92 Å². The highest BCUT2D eigenvalue weighted by atomic mass is 14.9. The van der Waals surface area contributed by atoms with E-state index in [1.807, 2.05) is 0 Å². The Bertz CT molecular complexity index is 312. The predicted octanol–water partition coefficient (Wildman–Crippen LogP) is 3.96. The van der Waals surface area contributed by atoms with Crippen molar-refractivity contribution in [2.75, 3.05) is 6.54 Å². The summed E-state index contributed by atoms with van der Waals surface area (Å²) in [6.45, 7) is 5.60. The highest BCUT2D eigenvalue weighted by Crippen LogP contribution is 2.36. The molecular formula is C16H25N. The van der Waals surface area contributed by atoms with Gasteiger partial charge in [-0.05, 0) is 30.2 Å². The molecule has 0 bridgehead atoms. The summed E-state index contributed by atoms with van der Waals surface area (Å²) in [5, 5.41) is 3.62. The largest absolute Gasteiger partial charge is 0.314 e. The molecule has 1 atom stereocenters. The van der Waals surface area contributed by atoms with E-state index in [0.29, 0.717) is 12.0 Å². The van der Waals surface area contributed by atoms with E-state index in [1.165, 1.54) is 31.2 Å². The van der Waals surface area contributed by atoms with Gasteiger partial charge in [-0.1, -0.05) is 57.0 Å². The molecule has 1 fully saturated rings. The van der Waals surface area contributed by atoms with Crippen molar-refractivity contribution in [3.8, 4) is 0 Å². The van der Waals surface area contributed by atoms with Crippen LogP contribution >= 0.6 is 0 Å². The van der Waals surface area contributed by atoms with Gasteiger partial charge in [0.15, 0.2) is 0 Å². The number of nitrogens with one attached hydrogen (secondary N) is 1. The molecule has 1 saturated carbocycles. The van der Waals surface area contributed by atoms with Gasteiger partial charge in [-0.25, -0.2) is 0 Å². The second kappa shape index (κ2) is 6.20. The van der Waals surface area contributed by atoms with Crippen LogP contribution in [-0.2, 0) is 0 Å². The monoisotopic (exact) mass is 231 g/mol. The van der Waals surface area contributed by atoms with Gasteiger partial charge in [0.25, 0.3) is 0 Å². The minimum absolute atomic E-state index is 0.586. The van der Waals surface area contributed by atoms with Gasteiger partial charge < -0.3 is 5.32 Å². The molecular weight excluding hydrogens is 206 g/mol. The van der Waals surface area contributed by atoms with Crippen molar-refractivity contribution in [1.82, 2.24) is 5.32 Å². The minimum atomic E-state index is 0.586. The van der Waals surface area contributed by atoms with Crippen molar-refractivity contribution >= 4 is 0 Å². The number of hydrogen-bond acceptors (Lipinski definition) is 1. The highest BCUT2D eigenvalue weighted by Gasteiger charge is 2.25. The van der Waals surface area contributed by atoms with E-state index in [9.17, 15) is 0 Å². The van der Waals surface area contributed by atoms with E-state index >= 15 is 0 Å². The van der Waals surface area contributed by atoms with Gasteiger partial charge >= 0.3 is 0 Å². The molecule has 1 aliphatic rings. The van der Waals surface area contributed by atoms with Gasteiger partial charge in [0.05, 0.1) is 0 Å². The third-order valence-electron chi connectivity index (χ3n) is 3.94. The van der Waals surface area contributed by atoms with Gasteiger partial charge in [-0.3, -0.25) is 0 Å². The molecule has 1 aromatic rings. The Morgan fingerprint density at radius 2 is 1.76 bits per heavy atom. The summed E-state index contributed by atoms with van der Waals surface area (Å²) in [7, 11) is 0. The molecule has 1 nitrogen and oxygen atoms in total. The van der Waals surface area contributed by atoms with Gasteiger partial charge in [0.1, 0.15) is 0 Å². The average Bonchev–Trinajstić information content (AvgIpc) is 2.84. The zero-order valence-corrected chi connectivity index (χ0v) is 11.2. The molecule has 0 spiro atoms. The van der Waals surface area contributed by atoms with E-state index in [-0.39, 0.29) is 0 Å². The van der Waals surface area contributed by atoms with Crippen LogP contribution in [0.25, 0.3) is 0 Å². The Morgan fingerprint density at radius 3 is 2.35 bits per heavy atom. The van der Waals surface area contributed by atoms with Crippen molar-refractivity contribution in [2.45, 2.75) is 51.5 Å². The van der Waals surface area contributed by atoms with Crippen molar-refractivity contribution < 1.29 is 0 Å². The summed E-state index contributed by atoms with van der Waals surface area (Å²) in [5.41, 5.74) is 1.52. The Morgan fingerprint density at radius 1 is 1.12 bits per heavy atom. The molecule has 0 amide bonds. The zero-order valence-electron chi connectivity index (χ0n) is 11.2. The molecule has 94 valence electrons. The Labute approximate surface area is 106 Å². The first-order valence-electron chi connectivity index (χ1n) is 7.05. The second-order valence-corrected chi connectivity index (χ2v) is 5.62. The average molecular weight is 231 g/mol. The molecule has 17 heavy (non-hydrogen) atoms. The third-order valence-corrected chi connectivity index (χ3v) is 3.94. The fourth-order valence-corrected chi connectivity index (χ4v) is 2.98. The Kier molecular flexibility index (Phi) is 4.61. The van der Waals surface area contributed by atoms with Gasteiger partial charge in [0, 0.05) is 12.6 Å². The molecule has 1 aromatic carbocycles. The maximum absolute atomic E-state index is 3.62. The minimum Gasteiger partial charge on any atom is -0.314 e. The lowest BCUT2D eigenvalue weighted by Gasteiger charge is -2.25. The zero-order chi connectivity index (χ0) is 12.1.